The first-order chi connectivity index (χ1) is 13.1. The fraction of sp³-hybridized carbons (Fsp3) is 0.350. The smallest absolute Gasteiger partial charge is 0.244 e. The number of nitrogens with one attached hydrogen (secondary N) is 1. The van der Waals surface area contributed by atoms with Gasteiger partial charge in [0.2, 0.25) is 15.9 Å². The summed E-state index contributed by atoms with van der Waals surface area (Å²) in [6, 6.07) is 10.9. The third kappa shape index (κ3) is 5.45. The maximum atomic E-state index is 13.1. The Morgan fingerprint density at radius 3 is 2.18 bits per heavy atom. The molecule has 152 valence electrons. The Hall–Kier alpha value is -2.61. The standard InChI is InChI=1S/C20H25FN2O4S/c1-5-27-19-12-10-18(11-13-19)23(28(4,25)26)15(3)20(24)22-14(2)16-6-8-17(21)9-7-16/h6-15H,5H2,1-4H3,(H,22,24)/t14-,15+/m1/s1. The monoisotopic (exact) mass is 408 g/mol. The Bertz CT molecular complexity index is 899. The predicted molar refractivity (Wildman–Crippen MR) is 107 cm³/mol. The van der Waals surface area contributed by atoms with Crippen LogP contribution >= 0.6 is 0 Å². The van der Waals surface area contributed by atoms with Gasteiger partial charge in [0, 0.05) is 0 Å². The number of ether oxygens (including phenoxy) is 1. The average molecular weight is 408 g/mol. The fourth-order valence-corrected chi connectivity index (χ4v) is 4.01. The Morgan fingerprint density at radius 1 is 1.11 bits per heavy atom. The summed E-state index contributed by atoms with van der Waals surface area (Å²) in [6.45, 7) is 5.62. The second-order valence-electron chi connectivity index (χ2n) is 6.44. The van der Waals surface area contributed by atoms with Gasteiger partial charge in [-0.1, -0.05) is 12.1 Å². The van der Waals surface area contributed by atoms with E-state index in [2.05, 4.69) is 5.32 Å². The lowest BCUT2D eigenvalue weighted by Crippen LogP contribution is -2.48. The SMILES string of the molecule is CCOc1ccc(N([C@@H](C)C(=O)N[C@H](C)c2ccc(F)cc2)S(C)(=O)=O)cc1. The predicted octanol–water partition coefficient (Wildman–Crippen LogP) is 3.26. The highest BCUT2D eigenvalue weighted by atomic mass is 32.2. The fourth-order valence-electron chi connectivity index (χ4n) is 2.83. The number of benzene rings is 2. The summed E-state index contributed by atoms with van der Waals surface area (Å²) < 4.78 is 44.2. The molecule has 0 aromatic heterocycles. The van der Waals surface area contributed by atoms with Crippen LogP contribution < -0.4 is 14.4 Å². The zero-order valence-corrected chi connectivity index (χ0v) is 17.2. The van der Waals surface area contributed by atoms with Crippen LogP contribution in [0.25, 0.3) is 0 Å². The third-order valence-corrected chi connectivity index (χ3v) is 5.46. The second kappa shape index (κ2) is 9.05. The number of rotatable bonds is 8. The van der Waals surface area contributed by atoms with E-state index in [1.807, 2.05) is 6.92 Å². The summed E-state index contributed by atoms with van der Waals surface area (Å²) in [5.74, 6) is -0.215. The lowest BCUT2D eigenvalue weighted by Gasteiger charge is -2.29. The quantitative estimate of drug-likeness (QED) is 0.728. The van der Waals surface area contributed by atoms with E-state index in [4.69, 9.17) is 4.74 Å². The summed E-state index contributed by atoms with van der Waals surface area (Å²) >= 11 is 0. The summed E-state index contributed by atoms with van der Waals surface area (Å²) in [7, 11) is -3.71. The lowest BCUT2D eigenvalue weighted by molar-refractivity contribution is -0.122. The summed E-state index contributed by atoms with van der Waals surface area (Å²) in [6.07, 6.45) is 1.05. The molecule has 2 atom stereocenters. The van der Waals surface area contributed by atoms with Crippen LogP contribution in [0.5, 0.6) is 5.75 Å². The van der Waals surface area contributed by atoms with Gasteiger partial charge in [0.15, 0.2) is 0 Å². The molecular weight excluding hydrogens is 383 g/mol. The van der Waals surface area contributed by atoms with Crippen LogP contribution in [0, 0.1) is 5.82 Å². The molecule has 6 nitrogen and oxygen atoms in total. The molecule has 2 aromatic carbocycles. The minimum absolute atomic E-state index is 0.364. The molecule has 1 amide bonds. The molecule has 0 saturated heterocycles. The minimum atomic E-state index is -3.71. The van der Waals surface area contributed by atoms with Gasteiger partial charge < -0.3 is 10.1 Å². The van der Waals surface area contributed by atoms with E-state index < -0.39 is 28.0 Å². The van der Waals surface area contributed by atoms with Crippen LogP contribution in [0.2, 0.25) is 0 Å². The molecular formula is C20H25FN2O4S. The molecule has 0 aliphatic heterocycles. The number of halogens is 1. The Labute approximate surface area is 165 Å². The first kappa shape index (κ1) is 21.7. The van der Waals surface area contributed by atoms with Crippen molar-refractivity contribution in [2.24, 2.45) is 0 Å². The van der Waals surface area contributed by atoms with Crippen molar-refractivity contribution in [1.82, 2.24) is 5.32 Å². The second-order valence-corrected chi connectivity index (χ2v) is 8.30. The minimum Gasteiger partial charge on any atom is -0.494 e. The van der Waals surface area contributed by atoms with Gasteiger partial charge in [-0.15, -0.1) is 0 Å². The van der Waals surface area contributed by atoms with Crippen LogP contribution in [0.15, 0.2) is 48.5 Å². The van der Waals surface area contributed by atoms with Gasteiger partial charge in [0.1, 0.15) is 17.6 Å². The molecule has 0 radical (unpaired) electrons. The van der Waals surface area contributed by atoms with Crippen molar-refractivity contribution in [3.05, 3.63) is 59.9 Å². The van der Waals surface area contributed by atoms with Gasteiger partial charge in [-0.3, -0.25) is 9.10 Å². The summed E-state index contributed by atoms with van der Waals surface area (Å²) in [5, 5.41) is 2.78. The topological polar surface area (TPSA) is 75.7 Å². The van der Waals surface area contributed by atoms with E-state index >= 15 is 0 Å². The van der Waals surface area contributed by atoms with E-state index in [-0.39, 0.29) is 5.82 Å². The van der Waals surface area contributed by atoms with E-state index in [1.165, 1.54) is 19.1 Å². The maximum absolute atomic E-state index is 13.1. The van der Waals surface area contributed by atoms with Crippen LogP contribution in [0.3, 0.4) is 0 Å². The molecule has 0 fully saturated rings. The number of sulfonamides is 1. The molecule has 0 bridgehead atoms. The molecule has 1 N–H and O–H groups in total. The first-order valence-corrected chi connectivity index (χ1v) is 10.8. The van der Waals surface area contributed by atoms with Gasteiger partial charge >= 0.3 is 0 Å². The zero-order chi connectivity index (χ0) is 20.9. The number of nitrogens with zero attached hydrogens (tertiary/aromatic N) is 1. The largest absolute Gasteiger partial charge is 0.494 e. The molecule has 8 heteroatoms. The highest BCUT2D eigenvalue weighted by Crippen LogP contribution is 2.24. The van der Waals surface area contributed by atoms with Gasteiger partial charge in [0.05, 0.1) is 24.6 Å². The van der Waals surface area contributed by atoms with Gasteiger partial charge in [-0.05, 0) is 62.7 Å². The molecule has 0 aliphatic rings. The van der Waals surface area contributed by atoms with Crippen molar-refractivity contribution in [3.63, 3.8) is 0 Å². The van der Waals surface area contributed by atoms with Crippen molar-refractivity contribution in [1.29, 1.82) is 0 Å². The van der Waals surface area contributed by atoms with E-state index in [0.717, 1.165) is 10.6 Å². The average Bonchev–Trinajstić information content (AvgIpc) is 2.62. The number of anilines is 1. The number of amides is 1. The normalized spacial score (nSPS) is 13.5. The molecule has 0 saturated carbocycles. The number of hydrogen-bond donors (Lipinski definition) is 1. The number of carbonyl (C=O) groups is 1. The third-order valence-electron chi connectivity index (χ3n) is 4.22. The van der Waals surface area contributed by atoms with E-state index in [0.29, 0.717) is 23.6 Å². The highest BCUT2D eigenvalue weighted by Gasteiger charge is 2.29. The lowest BCUT2D eigenvalue weighted by atomic mass is 10.1. The maximum Gasteiger partial charge on any atom is 0.244 e. The van der Waals surface area contributed by atoms with Crippen molar-refractivity contribution < 1.29 is 22.3 Å². The van der Waals surface area contributed by atoms with E-state index in [1.54, 1.807) is 43.3 Å². The number of hydrogen-bond acceptors (Lipinski definition) is 4. The molecule has 28 heavy (non-hydrogen) atoms. The van der Waals surface area contributed by atoms with Crippen LogP contribution in [0.1, 0.15) is 32.4 Å². The molecule has 2 rings (SSSR count). The number of carbonyl (C=O) groups excluding carboxylic acids is 1. The Morgan fingerprint density at radius 2 is 1.68 bits per heavy atom. The van der Waals surface area contributed by atoms with E-state index in [9.17, 15) is 17.6 Å². The zero-order valence-electron chi connectivity index (χ0n) is 16.3. The van der Waals surface area contributed by atoms with Gasteiger partial charge in [-0.25, -0.2) is 12.8 Å². The molecule has 0 unspecified atom stereocenters. The van der Waals surface area contributed by atoms with Crippen molar-refractivity contribution in [2.75, 3.05) is 17.2 Å². The van der Waals surface area contributed by atoms with Crippen molar-refractivity contribution in [2.45, 2.75) is 32.9 Å². The van der Waals surface area contributed by atoms with Crippen LogP contribution in [-0.2, 0) is 14.8 Å². The molecule has 0 heterocycles. The van der Waals surface area contributed by atoms with Crippen molar-refractivity contribution >= 4 is 21.6 Å². The van der Waals surface area contributed by atoms with Crippen LogP contribution in [-0.4, -0.2) is 33.2 Å². The Kier molecular flexibility index (Phi) is 7.01. The first-order valence-electron chi connectivity index (χ1n) is 8.91. The van der Waals surface area contributed by atoms with Crippen molar-refractivity contribution in [3.8, 4) is 5.75 Å². The van der Waals surface area contributed by atoms with Crippen LogP contribution in [0.4, 0.5) is 10.1 Å². The van der Waals surface area contributed by atoms with Gasteiger partial charge in [0.25, 0.3) is 0 Å². The summed E-state index contributed by atoms with van der Waals surface area (Å²) in [5.41, 5.74) is 1.08. The molecule has 0 spiro atoms. The van der Waals surface area contributed by atoms with Gasteiger partial charge in [-0.2, -0.15) is 0 Å². The highest BCUT2D eigenvalue weighted by molar-refractivity contribution is 7.92. The summed E-state index contributed by atoms with van der Waals surface area (Å²) in [4.78, 5) is 12.7. The molecule has 2 aromatic rings. The Balaban J connectivity index is 2.21. The molecule has 0 aliphatic carbocycles.